The quantitative estimate of drug-likeness (QED) is 0.271. The molecule has 1 aliphatic rings. The van der Waals surface area contributed by atoms with Crippen LogP contribution in [-0.4, -0.2) is 33.6 Å². The van der Waals surface area contributed by atoms with E-state index in [0.29, 0.717) is 17.2 Å². The van der Waals surface area contributed by atoms with Gasteiger partial charge in [-0.25, -0.2) is 9.88 Å². The summed E-state index contributed by atoms with van der Waals surface area (Å²) in [5.74, 6) is -0.498. The number of carbonyl (C=O) groups excluding carboxylic acids is 3. The highest BCUT2D eigenvalue weighted by atomic mass is 16.3. The Kier molecular flexibility index (Phi) is 6.47. The number of hydrogen-bond acceptors (Lipinski definition) is 5. The van der Waals surface area contributed by atoms with Crippen molar-refractivity contribution in [2.45, 2.75) is 25.4 Å². The van der Waals surface area contributed by atoms with Crippen molar-refractivity contribution >= 4 is 34.5 Å². The van der Waals surface area contributed by atoms with Crippen LogP contribution < -0.4 is 4.90 Å². The minimum atomic E-state index is -0.884. The van der Waals surface area contributed by atoms with E-state index < -0.39 is 11.9 Å². The van der Waals surface area contributed by atoms with E-state index >= 15 is 0 Å². The number of fused-ring (bicyclic) bond motifs is 1. The first-order chi connectivity index (χ1) is 19.1. The molecule has 0 spiro atoms. The number of nitrogens with zero attached hydrogens (tertiary/aromatic N) is 3. The number of carbonyl (C=O) groups is 3. The van der Waals surface area contributed by atoms with Crippen molar-refractivity contribution in [1.82, 2.24) is 9.88 Å². The molecule has 5 aromatic rings. The smallest absolute Gasteiger partial charge is 0.257 e. The van der Waals surface area contributed by atoms with Gasteiger partial charge in [0.05, 0.1) is 18.5 Å². The summed E-state index contributed by atoms with van der Waals surface area (Å²) in [7, 11) is 0. The van der Waals surface area contributed by atoms with E-state index in [2.05, 4.69) is 4.98 Å². The van der Waals surface area contributed by atoms with Crippen molar-refractivity contribution in [2.75, 3.05) is 4.90 Å². The number of anilines is 1. The Bertz CT molecular complexity index is 1610. The number of para-hydroxylation sites is 2. The van der Waals surface area contributed by atoms with Crippen LogP contribution in [0.3, 0.4) is 0 Å². The molecule has 0 aliphatic carbocycles. The molecule has 1 aliphatic heterocycles. The molecule has 39 heavy (non-hydrogen) atoms. The Morgan fingerprint density at radius 3 is 2.15 bits per heavy atom. The molecule has 0 radical (unpaired) electrons. The van der Waals surface area contributed by atoms with E-state index in [9.17, 15) is 14.4 Å². The molecule has 7 nitrogen and oxygen atoms in total. The van der Waals surface area contributed by atoms with Crippen LogP contribution in [0.15, 0.2) is 114 Å². The summed E-state index contributed by atoms with van der Waals surface area (Å²) in [6, 6.07) is 32.5. The van der Waals surface area contributed by atoms with Crippen LogP contribution in [0.25, 0.3) is 22.6 Å². The normalized spacial score (nSPS) is 15.2. The molecular formula is C32H25N3O4. The molecule has 1 unspecified atom stereocenters. The number of oxazole rings is 1. The molecule has 1 saturated heterocycles. The minimum Gasteiger partial charge on any atom is -0.436 e. The molecule has 4 aromatic carbocycles. The Morgan fingerprint density at radius 2 is 1.46 bits per heavy atom. The Morgan fingerprint density at radius 1 is 0.821 bits per heavy atom. The molecule has 1 fully saturated rings. The molecule has 2 heterocycles. The maximum absolute atomic E-state index is 13.7. The summed E-state index contributed by atoms with van der Waals surface area (Å²) >= 11 is 0. The van der Waals surface area contributed by atoms with Crippen LogP contribution >= 0.6 is 0 Å². The van der Waals surface area contributed by atoms with Gasteiger partial charge in [-0.1, -0.05) is 72.8 Å². The fourth-order valence-corrected chi connectivity index (χ4v) is 4.90. The average molecular weight is 516 g/mol. The van der Waals surface area contributed by atoms with Gasteiger partial charge in [-0.15, -0.1) is 0 Å². The number of hydrogen-bond donors (Lipinski definition) is 0. The Balaban J connectivity index is 1.26. The molecular weight excluding hydrogens is 490 g/mol. The number of amides is 3. The van der Waals surface area contributed by atoms with Gasteiger partial charge >= 0.3 is 0 Å². The summed E-state index contributed by atoms with van der Waals surface area (Å²) in [4.78, 5) is 47.5. The van der Waals surface area contributed by atoms with Gasteiger partial charge in [-0.2, -0.15) is 0 Å². The zero-order valence-electron chi connectivity index (χ0n) is 21.1. The van der Waals surface area contributed by atoms with Crippen LogP contribution in [0.2, 0.25) is 0 Å². The maximum atomic E-state index is 13.7. The lowest BCUT2D eigenvalue weighted by Crippen LogP contribution is -2.45. The van der Waals surface area contributed by atoms with Crippen LogP contribution in [-0.2, 0) is 27.3 Å². The van der Waals surface area contributed by atoms with Crippen LogP contribution in [0, 0.1) is 0 Å². The van der Waals surface area contributed by atoms with Gasteiger partial charge in [-0.3, -0.25) is 14.4 Å². The van der Waals surface area contributed by atoms with Gasteiger partial charge in [-0.05, 0) is 47.5 Å². The number of imide groups is 1. The second kappa shape index (κ2) is 10.4. The molecule has 1 aromatic heterocycles. The first-order valence-electron chi connectivity index (χ1n) is 12.8. The van der Waals surface area contributed by atoms with Crippen molar-refractivity contribution in [3.8, 4) is 11.5 Å². The van der Waals surface area contributed by atoms with Gasteiger partial charge in [0.25, 0.3) is 5.91 Å². The third-order valence-electron chi connectivity index (χ3n) is 6.88. The van der Waals surface area contributed by atoms with E-state index in [4.69, 9.17) is 4.42 Å². The van der Waals surface area contributed by atoms with Crippen LogP contribution in [0.5, 0.6) is 0 Å². The van der Waals surface area contributed by atoms with E-state index in [1.165, 1.54) is 9.80 Å². The highest BCUT2D eigenvalue weighted by Gasteiger charge is 2.44. The Labute approximate surface area is 225 Å². The van der Waals surface area contributed by atoms with Crippen LogP contribution in [0.4, 0.5) is 5.69 Å². The molecule has 192 valence electrons. The monoisotopic (exact) mass is 515 g/mol. The SMILES string of the molecule is O=C1CC(N(Cc2ccccc2)C(=O)Cc2ccccc2)C(=O)N1c1ccc(-c2nc3ccccc3o2)cc1. The lowest BCUT2D eigenvalue weighted by atomic mass is 10.1. The lowest BCUT2D eigenvalue weighted by Gasteiger charge is -2.28. The standard InChI is InChI=1S/C32H25N3O4/c36-29(19-22-9-3-1-4-10-22)34(21-23-11-5-2-6-12-23)27-20-30(37)35(32(27)38)25-17-15-24(16-18-25)31-33-26-13-7-8-14-28(26)39-31/h1-18,27H,19-21H2. The summed E-state index contributed by atoms with van der Waals surface area (Å²) in [5, 5.41) is 0. The second-order valence-corrected chi connectivity index (χ2v) is 9.49. The van der Waals surface area contributed by atoms with Gasteiger partial charge < -0.3 is 9.32 Å². The number of benzene rings is 4. The molecule has 0 saturated carbocycles. The maximum Gasteiger partial charge on any atom is 0.257 e. The molecule has 0 bridgehead atoms. The minimum absolute atomic E-state index is 0.0704. The van der Waals surface area contributed by atoms with Crippen molar-refractivity contribution in [2.24, 2.45) is 0 Å². The van der Waals surface area contributed by atoms with Crippen LogP contribution in [0.1, 0.15) is 17.5 Å². The van der Waals surface area contributed by atoms with E-state index in [-0.39, 0.29) is 31.2 Å². The van der Waals surface area contributed by atoms with E-state index in [0.717, 1.165) is 22.2 Å². The first kappa shape index (κ1) is 24.3. The summed E-state index contributed by atoms with van der Waals surface area (Å²) in [5.41, 5.74) is 4.35. The molecule has 1 atom stereocenters. The van der Waals surface area contributed by atoms with Gasteiger partial charge in [0.2, 0.25) is 17.7 Å². The fourth-order valence-electron chi connectivity index (χ4n) is 4.90. The summed E-state index contributed by atoms with van der Waals surface area (Å²) in [6.07, 6.45) is 0.0733. The highest BCUT2D eigenvalue weighted by molar-refractivity contribution is 6.23. The second-order valence-electron chi connectivity index (χ2n) is 9.49. The summed E-state index contributed by atoms with van der Waals surface area (Å²) in [6.45, 7) is 0.237. The van der Waals surface area contributed by atoms with Gasteiger partial charge in [0.15, 0.2) is 5.58 Å². The van der Waals surface area contributed by atoms with Crippen molar-refractivity contribution in [1.29, 1.82) is 0 Å². The average Bonchev–Trinajstić information content (AvgIpc) is 3.53. The van der Waals surface area contributed by atoms with Gasteiger partial charge in [0, 0.05) is 12.1 Å². The molecule has 3 amide bonds. The third kappa shape index (κ3) is 4.94. The highest BCUT2D eigenvalue weighted by Crippen LogP contribution is 2.30. The third-order valence-corrected chi connectivity index (χ3v) is 6.88. The number of rotatable bonds is 7. The largest absolute Gasteiger partial charge is 0.436 e. The molecule has 7 heteroatoms. The van der Waals surface area contributed by atoms with Gasteiger partial charge in [0.1, 0.15) is 11.6 Å². The van der Waals surface area contributed by atoms with Crippen molar-refractivity contribution in [3.05, 3.63) is 120 Å². The number of aromatic nitrogens is 1. The van der Waals surface area contributed by atoms with E-state index in [1.807, 2.05) is 84.9 Å². The molecule has 0 N–H and O–H groups in total. The van der Waals surface area contributed by atoms with Crippen molar-refractivity contribution < 1.29 is 18.8 Å². The first-order valence-corrected chi connectivity index (χ1v) is 12.8. The zero-order chi connectivity index (χ0) is 26.8. The molecule has 6 rings (SSSR count). The topological polar surface area (TPSA) is 83.7 Å². The summed E-state index contributed by atoms with van der Waals surface area (Å²) < 4.78 is 5.84. The predicted molar refractivity (Wildman–Crippen MR) is 147 cm³/mol. The zero-order valence-corrected chi connectivity index (χ0v) is 21.1. The lowest BCUT2D eigenvalue weighted by molar-refractivity contribution is -0.138. The van der Waals surface area contributed by atoms with E-state index in [1.54, 1.807) is 24.3 Å². The Hall–Kier alpha value is -5.04. The predicted octanol–water partition coefficient (Wildman–Crippen LogP) is 5.40. The van der Waals surface area contributed by atoms with Crippen molar-refractivity contribution in [3.63, 3.8) is 0 Å². The fraction of sp³-hybridized carbons (Fsp3) is 0.125.